The summed E-state index contributed by atoms with van der Waals surface area (Å²) in [5.41, 5.74) is 2.09. The largest absolute Gasteiger partial charge is 0.342 e. The summed E-state index contributed by atoms with van der Waals surface area (Å²) in [6, 6.07) is 0. The zero-order valence-electron chi connectivity index (χ0n) is 13.2. The first-order valence-electron chi connectivity index (χ1n) is 6.86. The van der Waals surface area contributed by atoms with Gasteiger partial charge in [-0.3, -0.25) is 14.3 Å². The molecule has 1 heterocycles. The molecule has 1 rings (SSSR count). The van der Waals surface area contributed by atoms with Crippen LogP contribution in [0.5, 0.6) is 0 Å². The average molecular weight is 280 g/mol. The molecule has 6 heteroatoms. The van der Waals surface area contributed by atoms with E-state index in [4.69, 9.17) is 0 Å². The Balaban J connectivity index is 2.85. The third kappa shape index (κ3) is 3.18. The molecule has 0 unspecified atom stereocenters. The van der Waals surface area contributed by atoms with E-state index in [0.717, 1.165) is 5.69 Å². The van der Waals surface area contributed by atoms with Gasteiger partial charge in [-0.2, -0.15) is 5.10 Å². The summed E-state index contributed by atoms with van der Waals surface area (Å²) in [7, 11) is 3.45. The first-order chi connectivity index (χ1) is 9.33. The van der Waals surface area contributed by atoms with Gasteiger partial charge >= 0.3 is 0 Å². The SMILES string of the molecule is CCN(CC)C(=O)CN(C)C(=O)c1c(C)nn(C)c1C. The van der Waals surface area contributed by atoms with Crippen molar-refractivity contribution < 1.29 is 9.59 Å². The Hall–Kier alpha value is -1.85. The number of carbonyl (C=O) groups is 2. The van der Waals surface area contributed by atoms with Gasteiger partial charge in [-0.15, -0.1) is 0 Å². The summed E-state index contributed by atoms with van der Waals surface area (Å²) in [4.78, 5) is 27.6. The zero-order chi connectivity index (χ0) is 15.4. The maximum absolute atomic E-state index is 12.4. The number of carbonyl (C=O) groups excluding carboxylic acids is 2. The van der Waals surface area contributed by atoms with Crippen LogP contribution in [0.15, 0.2) is 0 Å². The third-order valence-corrected chi connectivity index (χ3v) is 3.56. The number of aromatic nitrogens is 2. The van der Waals surface area contributed by atoms with Crippen molar-refractivity contribution in [3.05, 3.63) is 17.0 Å². The molecule has 0 saturated carbocycles. The average Bonchev–Trinajstić information content (AvgIpc) is 2.63. The standard InChI is InChI=1S/C14H24N4O2/c1-7-18(8-2)12(19)9-16(5)14(20)13-10(3)15-17(6)11(13)4/h7-9H2,1-6H3. The van der Waals surface area contributed by atoms with E-state index in [1.54, 1.807) is 30.6 Å². The van der Waals surface area contributed by atoms with Crippen molar-refractivity contribution in [2.24, 2.45) is 7.05 Å². The Bertz CT molecular complexity index is 504. The predicted octanol–water partition coefficient (Wildman–Crippen LogP) is 0.977. The van der Waals surface area contributed by atoms with Gasteiger partial charge in [0.15, 0.2) is 0 Å². The van der Waals surface area contributed by atoms with Gasteiger partial charge in [0.25, 0.3) is 5.91 Å². The highest BCUT2D eigenvalue weighted by atomic mass is 16.2. The van der Waals surface area contributed by atoms with Gasteiger partial charge in [0.05, 0.1) is 17.8 Å². The second-order valence-corrected chi connectivity index (χ2v) is 4.90. The summed E-state index contributed by atoms with van der Waals surface area (Å²) in [5.74, 6) is -0.196. The molecule has 0 bridgehead atoms. The lowest BCUT2D eigenvalue weighted by atomic mass is 10.1. The van der Waals surface area contributed by atoms with Crippen LogP contribution in [0, 0.1) is 13.8 Å². The molecule has 0 fully saturated rings. The highest BCUT2D eigenvalue weighted by Crippen LogP contribution is 2.14. The van der Waals surface area contributed by atoms with Gasteiger partial charge in [0, 0.05) is 32.9 Å². The monoisotopic (exact) mass is 280 g/mol. The fourth-order valence-electron chi connectivity index (χ4n) is 2.22. The molecule has 0 aliphatic heterocycles. The number of rotatable bonds is 5. The Kier molecular flexibility index (Phi) is 5.30. The molecule has 6 nitrogen and oxygen atoms in total. The number of hydrogen-bond acceptors (Lipinski definition) is 3. The van der Waals surface area contributed by atoms with Crippen molar-refractivity contribution >= 4 is 11.8 Å². The second-order valence-electron chi connectivity index (χ2n) is 4.90. The summed E-state index contributed by atoms with van der Waals surface area (Å²) in [6.07, 6.45) is 0. The minimum atomic E-state index is -0.159. The third-order valence-electron chi connectivity index (χ3n) is 3.56. The Morgan fingerprint density at radius 1 is 1.20 bits per heavy atom. The number of hydrogen-bond donors (Lipinski definition) is 0. The lowest BCUT2D eigenvalue weighted by Gasteiger charge is -2.23. The molecule has 2 amide bonds. The first kappa shape index (κ1) is 16.2. The van der Waals surface area contributed by atoms with E-state index in [0.29, 0.717) is 24.3 Å². The molecule has 112 valence electrons. The summed E-state index contributed by atoms with van der Waals surface area (Å²) in [5, 5.41) is 4.23. The lowest BCUT2D eigenvalue weighted by molar-refractivity contribution is -0.131. The molecular formula is C14H24N4O2. The van der Waals surface area contributed by atoms with E-state index in [-0.39, 0.29) is 18.4 Å². The smallest absolute Gasteiger partial charge is 0.257 e. The number of nitrogens with zero attached hydrogens (tertiary/aromatic N) is 4. The molecule has 1 aromatic heterocycles. The molecule has 0 aliphatic carbocycles. The Labute approximate surface area is 120 Å². The van der Waals surface area contributed by atoms with Gasteiger partial charge < -0.3 is 9.80 Å². The van der Waals surface area contributed by atoms with Crippen molar-refractivity contribution in [1.29, 1.82) is 0 Å². The Morgan fingerprint density at radius 2 is 1.75 bits per heavy atom. The summed E-state index contributed by atoms with van der Waals surface area (Å²) < 4.78 is 1.68. The summed E-state index contributed by atoms with van der Waals surface area (Å²) >= 11 is 0. The molecular weight excluding hydrogens is 256 g/mol. The van der Waals surface area contributed by atoms with Crippen LogP contribution in [0.25, 0.3) is 0 Å². The molecule has 1 aromatic rings. The van der Waals surface area contributed by atoms with E-state index in [1.165, 1.54) is 4.90 Å². The second kappa shape index (κ2) is 6.54. The van der Waals surface area contributed by atoms with Crippen LogP contribution < -0.4 is 0 Å². The molecule has 0 spiro atoms. The normalized spacial score (nSPS) is 10.5. The van der Waals surface area contributed by atoms with Gasteiger partial charge in [-0.1, -0.05) is 0 Å². The van der Waals surface area contributed by atoms with Crippen LogP contribution in [0.3, 0.4) is 0 Å². The fraction of sp³-hybridized carbons (Fsp3) is 0.643. The van der Waals surface area contributed by atoms with Crippen molar-refractivity contribution in [3.8, 4) is 0 Å². The van der Waals surface area contributed by atoms with Crippen LogP contribution in [-0.4, -0.2) is 58.1 Å². The number of likely N-dealkylation sites (N-methyl/N-ethyl adjacent to an activating group) is 2. The topological polar surface area (TPSA) is 58.4 Å². The molecule has 0 N–H and O–H groups in total. The molecule has 0 aliphatic rings. The molecule has 0 atom stereocenters. The van der Waals surface area contributed by atoms with E-state index in [9.17, 15) is 9.59 Å². The van der Waals surface area contributed by atoms with E-state index >= 15 is 0 Å². The molecule has 0 radical (unpaired) electrons. The Morgan fingerprint density at radius 3 is 2.15 bits per heavy atom. The predicted molar refractivity (Wildman–Crippen MR) is 77.6 cm³/mol. The fourth-order valence-corrected chi connectivity index (χ4v) is 2.22. The van der Waals surface area contributed by atoms with Crippen LogP contribution in [0.2, 0.25) is 0 Å². The minimum absolute atomic E-state index is 0.0370. The maximum Gasteiger partial charge on any atom is 0.257 e. The number of amides is 2. The van der Waals surface area contributed by atoms with Gasteiger partial charge in [-0.25, -0.2) is 0 Å². The van der Waals surface area contributed by atoms with Crippen molar-refractivity contribution in [2.45, 2.75) is 27.7 Å². The van der Waals surface area contributed by atoms with E-state index in [1.807, 2.05) is 20.8 Å². The quantitative estimate of drug-likeness (QED) is 0.808. The van der Waals surface area contributed by atoms with Crippen LogP contribution in [-0.2, 0) is 11.8 Å². The lowest BCUT2D eigenvalue weighted by Crippen LogP contribution is -2.41. The number of aryl methyl sites for hydroxylation is 2. The van der Waals surface area contributed by atoms with Gasteiger partial charge in [0.1, 0.15) is 0 Å². The highest BCUT2D eigenvalue weighted by Gasteiger charge is 2.23. The molecule has 0 saturated heterocycles. The van der Waals surface area contributed by atoms with E-state index < -0.39 is 0 Å². The van der Waals surface area contributed by atoms with Crippen molar-refractivity contribution in [1.82, 2.24) is 19.6 Å². The minimum Gasteiger partial charge on any atom is -0.342 e. The van der Waals surface area contributed by atoms with Crippen LogP contribution in [0.4, 0.5) is 0 Å². The van der Waals surface area contributed by atoms with Gasteiger partial charge in [0.2, 0.25) is 5.91 Å². The van der Waals surface area contributed by atoms with Gasteiger partial charge in [-0.05, 0) is 27.7 Å². The maximum atomic E-state index is 12.4. The first-order valence-corrected chi connectivity index (χ1v) is 6.86. The highest BCUT2D eigenvalue weighted by molar-refractivity contribution is 5.98. The molecule has 20 heavy (non-hydrogen) atoms. The summed E-state index contributed by atoms with van der Waals surface area (Å²) in [6.45, 7) is 8.92. The van der Waals surface area contributed by atoms with Crippen molar-refractivity contribution in [3.63, 3.8) is 0 Å². The van der Waals surface area contributed by atoms with Crippen LogP contribution >= 0.6 is 0 Å². The molecule has 0 aromatic carbocycles. The zero-order valence-corrected chi connectivity index (χ0v) is 13.2. The van der Waals surface area contributed by atoms with Crippen LogP contribution in [0.1, 0.15) is 35.6 Å². The van der Waals surface area contributed by atoms with Crippen molar-refractivity contribution in [2.75, 3.05) is 26.7 Å². The van der Waals surface area contributed by atoms with E-state index in [2.05, 4.69) is 5.10 Å².